The average molecular weight is 367 g/mol. The number of hydrogen-bond acceptors (Lipinski definition) is 3. The van der Waals surface area contributed by atoms with E-state index in [1.807, 2.05) is 0 Å². The van der Waals surface area contributed by atoms with Crippen LogP contribution in [0.3, 0.4) is 0 Å². The fourth-order valence-corrected chi connectivity index (χ4v) is 2.38. The van der Waals surface area contributed by atoms with E-state index >= 15 is 0 Å². The number of aliphatic hydroxyl groups excluding tert-OH is 1. The van der Waals surface area contributed by atoms with Crippen molar-refractivity contribution >= 4 is 11.8 Å². The van der Waals surface area contributed by atoms with E-state index in [1.54, 1.807) is 37.4 Å². The van der Waals surface area contributed by atoms with Gasteiger partial charge in [0.05, 0.1) is 5.56 Å². The summed E-state index contributed by atoms with van der Waals surface area (Å²) in [6.45, 7) is 0.176. The third-order valence-electron chi connectivity index (χ3n) is 3.65. The molecule has 2 N–H and O–H groups in total. The van der Waals surface area contributed by atoms with Crippen molar-refractivity contribution in [2.45, 2.75) is 6.18 Å². The first kappa shape index (κ1) is 19.4. The van der Waals surface area contributed by atoms with Gasteiger partial charge in [-0.3, -0.25) is 0 Å². The SMILES string of the molecule is CN(C/C=C/c1ccc(C(F)(F)F)cc1F)C(=C(O)O)c1ccccc1. The summed E-state index contributed by atoms with van der Waals surface area (Å²) >= 11 is 0. The average Bonchev–Trinajstić information content (AvgIpc) is 2.56. The molecular formula is C19H17F4NO2. The predicted octanol–water partition coefficient (Wildman–Crippen LogP) is 5.23. The van der Waals surface area contributed by atoms with Crippen LogP contribution in [0.5, 0.6) is 0 Å². The number of aliphatic hydroxyl groups is 2. The molecule has 2 aromatic carbocycles. The van der Waals surface area contributed by atoms with Gasteiger partial charge >= 0.3 is 6.18 Å². The lowest BCUT2D eigenvalue weighted by Gasteiger charge is -2.20. The molecule has 0 aliphatic rings. The molecule has 3 nitrogen and oxygen atoms in total. The Kier molecular flexibility index (Phi) is 5.92. The van der Waals surface area contributed by atoms with Gasteiger partial charge in [-0.2, -0.15) is 13.2 Å². The summed E-state index contributed by atoms with van der Waals surface area (Å²) in [5.74, 6) is -1.85. The predicted molar refractivity (Wildman–Crippen MR) is 91.7 cm³/mol. The molecule has 0 aliphatic carbocycles. The third kappa shape index (κ3) is 4.78. The van der Waals surface area contributed by atoms with Gasteiger partial charge in [0, 0.05) is 24.7 Å². The van der Waals surface area contributed by atoms with E-state index in [4.69, 9.17) is 0 Å². The van der Waals surface area contributed by atoms with Crippen molar-refractivity contribution in [1.29, 1.82) is 0 Å². The summed E-state index contributed by atoms with van der Waals surface area (Å²) in [6.07, 6.45) is -1.75. The molecular weight excluding hydrogens is 350 g/mol. The van der Waals surface area contributed by atoms with Gasteiger partial charge < -0.3 is 15.1 Å². The first-order chi connectivity index (χ1) is 12.2. The van der Waals surface area contributed by atoms with Crippen LogP contribution in [-0.4, -0.2) is 28.7 Å². The molecule has 0 saturated carbocycles. The Labute approximate surface area is 148 Å². The maximum atomic E-state index is 13.8. The second kappa shape index (κ2) is 7.95. The smallest absolute Gasteiger partial charge is 0.416 e. The largest absolute Gasteiger partial charge is 0.480 e. The minimum absolute atomic E-state index is 0.00450. The van der Waals surface area contributed by atoms with E-state index in [2.05, 4.69) is 0 Å². The zero-order valence-corrected chi connectivity index (χ0v) is 13.8. The van der Waals surface area contributed by atoms with Gasteiger partial charge in [0.1, 0.15) is 11.5 Å². The Morgan fingerprint density at radius 1 is 1.08 bits per heavy atom. The molecule has 0 aromatic heterocycles. The van der Waals surface area contributed by atoms with Crippen LogP contribution in [0.2, 0.25) is 0 Å². The van der Waals surface area contributed by atoms with Crippen LogP contribution in [-0.2, 0) is 6.18 Å². The van der Waals surface area contributed by atoms with E-state index in [0.717, 1.165) is 12.1 Å². The molecule has 0 bridgehead atoms. The first-order valence-electron chi connectivity index (χ1n) is 7.62. The van der Waals surface area contributed by atoms with E-state index in [9.17, 15) is 27.8 Å². The van der Waals surface area contributed by atoms with E-state index < -0.39 is 23.5 Å². The number of hydrogen-bond donors (Lipinski definition) is 2. The Morgan fingerprint density at radius 3 is 2.27 bits per heavy atom. The van der Waals surface area contributed by atoms with Crippen LogP contribution in [0.1, 0.15) is 16.7 Å². The Morgan fingerprint density at radius 2 is 1.73 bits per heavy atom. The normalized spacial score (nSPS) is 11.6. The van der Waals surface area contributed by atoms with Crippen molar-refractivity contribution in [3.05, 3.63) is 83.1 Å². The minimum atomic E-state index is -4.60. The van der Waals surface area contributed by atoms with Gasteiger partial charge in [0.15, 0.2) is 0 Å². The van der Waals surface area contributed by atoms with Crippen LogP contribution in [0.15, 0.2) is 60.6 Å². The van der Waals surface area contributed by atoms with Crippen molar-refractivity contribution in [2.75, 3.05) is 13.6 Å². The van der Waals surface area contributed by atoms with Gasteiger partial charge in [0.25, 0.3) is 5.95 Å². The number of alkyl halides is 3. The molecule has 0 amide bonds. The maximum absolute atomic E-state index is 13.8. The molecule has 0 saturated heterocycles. The molecule has 2 aromatic rings. The molecule has 0 heterocycles. The molecule has 0 aliphatic heterocycles. The molecule has 2 rings (SSSR count). The molecule has 0 spiro atoms. The zero-order valence-electron chi connectivity index (χ0n) is 13.8. The van der Waals surface area contributed by atoms with E-state index in [1.165, 1.54) is 17.1 Å². The monoisotopic (exact) mass is 367 g/mol. The highest BCUT2D eigenvalue weighted by Crippen LogP contribution is 2.30. The number of nitrogens with zero attached hydrogens (tertiary/aromatic N) is 1. The summed E-state index contributed by atoms with van der Waals surface area (Å²) in [6, 6.07) is 10.9. The van der Waals surface area contributed by atoms with Gasteiger partial charge in [-0.25, -0.2) is 4.39 Å². The van der Waals surface area contributed by atoms with Gasteiger partial charge in [0.2, 0.25) is 0 Å². The molecule has 0 atom stereocenters. The van der Waals surface area contributed by atoms with E-state index in [0.29, 0.717) is 11.6 Å². The molecule has 0 fully saturated rings. The van der Waals surface area contributed by atoms with Gasteiger partial charge in [-0.15, -0.1) is 0 Å². The topological polar surface area (TPSA) is 43.7 Å². The van der Waals surface area contributed by atoms with Crippen LogP contribution in [0, 0.1) is 5.82 Å². The molecule has 7 heteroatoms. The minimum Gasteiger partial charge on any atom is -0.480 e. The lowest BCUT2D eigenvalue weighted by molar-refractivity contribution is -0.137. The summed E-state index contributed by atoms with van der Waals surface area (Å²) in [4.78, 5) is 1.52. The Hall–Kier alpha value is -2.96. The van der Waals surface area contributed by atoms with Crippen LogP contribution in [0.25, 0.3) is 11.8 Å². The fourth-order valence-electron chi connectivity index (χ4n) is 2.38. The number of rotatable bonds is 5. The maximum Gasteiger partial charge on any atom is 0.416 e. The van der Waals surface area contributed by atoms with Crippen molar-refractivity contribution in [3.63, 3.8) is 0 Å². The number of halogens is 4. The Bertz CT molecular complexity index is 810. The van der Waals surface area contributed by atoms with Crippen LogP contribution >= 0.6 is 0 Å². The van der Waals surface area contributed by atoms with Gasteiger partial charge in [-0.1, -0.05) is 48.6 Å². The highest BCUT2D eigenvalue weighted by atomic mass is 19.4. The quantitative estimate of drug-likeness (QED) is 0.562. The fraction of sp³-hybridized carbons (Fsp3) is 0.158. The van der Waals surface area contributed by atoms with Crippen molar-refractivity contribution in [3.8, 4) is 0 Å². The van der Waals surface area contributed by atoms with E-state index in [-0.39, 0.29) is 17.8 Å². The van der Waals surface area contributed by atoms with Crippen LogP contribution in [0.4, 0.5) is 17.6 Å². The summed E-state index contributed by atoms with van der Waals surface area (Å²) in [5, 5.41) is 19.0. The standard InChI is InChI=1S/C19H17F4NO2/c1-24(17(18(25)26)14-6-3-2-4-7-14)11-5-8-13-9-10-15(12-16(13)20)19(21,22)23/h2-10,12,25-26H,11H2,1H3/b8-5+. The third-order valence-corrected chi connectivity index (χ3v) is 3.65. The lowest BCUT2D eigenvalue weighted by Crippen LogP contribution is -2.18. The summed E-state index contributed by atoms with van der Waals surface area (Å²) in [5.41, 5.74) is -0.305. The highest BCUT2D eigenvalue weighted by Gasteiger charge is 2.30. The van der Waals surface area contributed by atoms with Crippen LogP contribution < -0.4 is 0 Å². The van der Waals surface area contributed by atoms with Crippen molar-refractivity contribution in [1.82, 2.24) is 4.90 Å². The molecule has 26 heavy (non-hydrogen) atoms. The Balaban J connectivity index is 2.14. The second-order valence-corrected chi connectivity index (χ2v) is 5.56. The molecule has 138 valence electrons. The zero-order chi connectivity index (χ0) is 19.3. The summed E-state index contributed by atoms with van der Waals surface area (Å²) < 4.78 is 51.4. The summed E-state index contributed by atoms with van der Waals surface area (Å²) in [7, 11) is 1.60. The van der Waals surface area contributed by atoms with Crippen molar-refractivity contribution < 1.29 is 27.8 Å². The number of benzene rings is 2. The molecule has 0 unspecified atom stereocenters. The highest BCUT2D eigenvalue weighted by molar-refractivity contribution is 5.64. The number of likely N-dealkylation sites (N-methyl/N-ethyl adjacent to an activating group) is 1. The van der Waals surface area contributed by atoms with Crippen molar-refractivity contribution in [2.24, 2.45) is 0 Å². The van der Waals surface area contributed by atoms with Gasteiger partial charge in [-0.05, 0) is 12.1 Å². The first-order valence-corrected chi connectivity index (χ1v) is 7.62. The molecule has 0 radical (unpaired) electrons. The second-order valence-electron chi connectivity index (χ2n) is 5.56. The lowest BCUT2D eigenvalue weighted by atomic mass is 10.1.